The average molecular weight is 121 g/mol. The number of nitrogens with zero attached hydrogens (tertiary/aromatic N) is 1. The van der Waals surface area contributed by atoms with Crippen molar-refractivity contribution < 1.29 is 4.79 Å². The van der Waals surface area contributed by atoms with Gasteiger partial charge in [-0.2, -0.15) is 0 Å². The molecule has 1 rings (SSSR count). The molecule has 0 bridgehead atoms. The van der Waals surface area contributed by atoms with Gasteiger partial charge in [0.15, 0.2) is 0 Å². The second kappa shape index (κ2) is 2.26. The van der Waals surface area contributed by atoms with E-state index >= 15 is 0 Å². The summed E-state index contributed by atoms with van der Waals surface area (Å²) in [6.07, 6.45) is 3.98. The van der Waals surface area contributed by atoms with Gasteiger partial charge in [-0.15, -0.1) is 0 Å². The lowest BCUT2D eigenvalue weighted by Crippen LogP contribution is -2.10. The zero-order chi connectivity index (χ0) is 6.69. The van der Waals surface area contributed by atoms with Gasteiger partial charge in [0.05, 0.1) is 5.56 Å². The van der Waals surface area contributed by atoms with Crippen LogP contribution in [0, 0.1) is 6.20 Å². The lowest BCUT2D eigenvalue weighted by atomic mass is 10.3. The average Bonchev–Trinajstić information content (AvgIpc) is 1.90. The number of rotatable bonds is 1. The summed E-state index contributed by atoms with van der Waals surface area (Å²) in [5.74, 6) is -0.497. The molecule has 45 valence electrons. The van der Waals surface area contributed by atoms with Crippen molar-refractivity contribution in [3.63, 3.8) is 0 Å². The number of hydrogen-bond donors (Lipinski definition) is 1. The Morgan fingerprint density at radius 2 is 2.56 bits per heavy atom. The van der Waals surface area contributed by atoms with Crippen LogP contribution in [0.25, 0.3) is 0 Å². The molecule has 0 aromatic carbocycles. The SMILES string of the molecule is NC(=O)c1[c]nccc1. The van der Waals surface area contributed by atoms with E-state index in [-0.39, 0.29) is 0 Å². The lowest BCUT2D eigenvalue weighted by Gasteiger charge is -1.87. The number of hydrogen-bond acceptors (Lipinski definition) is 2. The van der Waals surface area contributed by atoms with Gasteiger partial charge in [0.2, 0.25) is 0 Å². The summed E-state index contributed by atoms with van der Waals surface area (Å²) in [7, 11) is 0. The molecule has 1 aromatic heterocycles. The van der Waals surface area contributed by atoms with Crippen molar-refractivity contribution >= 4 is 5.91 Å². The summed E-state index contributed by atoms with van der Waals surface area (Å²) in [6.45, 7) is 0. The van der Waals surface area contributed by atoms with E-state index in [1.807, 2.05) is 0 Å². The molecule has 0 aliphatic carbocycles. The predicted octanol–water partition coefficient (Wildman–Crippen LogP) is -0.0193. The van der Waals surface area contributed by atoms with Crippen molar-refractivity contribution in [1.29, 1.82) is 0 Å². The van der Waals surface area contributed by atoms with Crippen LogP contribution in [0.5, 0.6) is 0 Å². The van der Waals surface area contributed by atoms with Crippen LogP contribution >= 0.6 is 0 Å². The number of aromatic nitrogens is 1. The molecular weight excluding hydrogens is 116 g/mol. The molecule has 0 aliphatic heterocycles. The van der Waals surface area contributed by atoms with E-state index in [1.54, 1.807) is 12.1 Å². The van der Waals surface area contributed by atoms with Crippen molar-refractivity contribution in [1.82, 2.24) is 4.98 Å². The molecule has 2 N–H and O–H groups in total. The minimum absolute atomic E-state index is 0.317. The first-order valence-electron chi connectivity index (χ1n) is 2.43. The number of primary amides is 1. The van der Waals surface area contributed by atoms with Gasteiger partial charge in [0, 0.05) is 6.20 Å². The Morgan fingerprint density at radius 3 is 2.89 bits per heavy atom. The lowest BCUT2D eigenvalue weighted by molar-refractivity contribution is 0.0999. The second-order valence-electron chi connectivity index (χ2n) is 1.53. The monoisotopic (exact) mass is 121 g/mol. The van der Waals surface area contributed by atoms with Crippen molar-refractivity contribution in [2.75, 3.05) is 0 Å². The molecule has 0 unspecified atom stereocenters. The van der Waals surface area contributed by atoms with Crippen molar-refractivity contribution in [3.8, 4) is 0 Å². The summed E-state index contributed by atoms with van der Waals surface area (Å²) in [5, 5.41) is 0. The smallest absolute Gasteiger partial charge is 0.250 e. The molecule has 1 radical (unpaired) electrons. The molecular formula is C6H5N2O. The minimum Gasteiger partial charge on any atom is -0.366 e. The van der Waals surface area contributed by atoms with Gasteiger partial charge in [0.25, 0.3) is 5.91 Å². The highest BCUT2D eigenvalue weighted by Gasteiger charge is 1.95. The fourth-order valence-corrected chi connectivity index (χ4v) is 0.464. The summed E-state index contributed by atoms with van der Waals surface area (Å²) in [5.41, 5.74) is 5.22. The molecule has 0 atom stereocenters. The third-order valence-electron chi connectivity index (χ3n) is 0.874. The van der Waals surface area contributed by atoms with E-state index in [1.165, 1.54) is 6.20 Å². The van der Waals surface area contributed by atoms with Crippen LogP contribution in [0.1, 0.15) is 10.4 Å². The van der Waals surface area contributed by atoms with E-state index in [4.69, 9.17) is 5.73 Å². The summed E-state index contributed by atoms with van der Waals surface area (Å²) in [4.78, 5) is 13.9. The van der Waals surface area contributed by atoms with Crippen molar-refractivity contribution in [2.24, 2.45) is 5.73 Å². The molecule has 3 nitrogen and oxygen atoms in total. The predicted molar refractivity (Wildman–Crippen MR) is 31.6 cm³/mol. The van der Waals surface area contributed by atoms with E-state index in [0.29, 0.717) is 5.56 Å². The second-order valence-corrected chi connectivity index (χ2v) is 1.53. The number of amides is 1. The Bertz CT molecular complexity index is 208. The van der Waals surface area contributed by atoms with Gasteiger partial charge in [-0.3, -0.25) is 9.78 Å². The topological polar surface area (TPSA) is 56.0 Å². The first-order chi connectivity index (χ1) is 4.30. The number of nitrogens with two attached hydrogens (primary N) is 1. The number of carbonyl (C=O) groups is 1. The molecule has 0 saturated heterocycles. The molecule has 0 spiro atoms. The Hall–Kier alpha value is -1.38. The van der Waals surface area contributed by atoms with Crippen molar-refractivity contribution in [2.45, 2.75) is 0 Å². The molecule has 1 aromatic rings. The molecule has 1 heterocycles. The van der Waals surface area contributed by atoms with Gasteiger partial charge in [-0.25, -0.2) is 0 Å². The van der Waals surface area contributed by atoms with Gasteiger partial charge in [-0.1, -0.05) is 0 Å². The molecule has 3 heteroatoms. The van der Waals surface area contributed by atoms with E-state index in [9.17, 15) is 4.79 Å². The Labute approximate surface area is 52.5 Å². The van der Waals surface area contributed by atoms with Gasteiger partial charge >= 0.3 is 0 Å². The number of pyridine rings is 1. The molecule has 1 amide bonds. The normalized spacial score (nSPS) is 8.89. The highest BCUT2D eigenvalue weighted by Crippen LogP contribution is 1.90. The first kappa shape index (κ1) is 5.75. The van der Waals surface area contributed by atoms with Gasteiger partial charge in [-0.05, 0) is 12.1 Å². The van der Waals surface area contributed by atoms with Crippen LogP contribution < -0.4 is 5.73 Å². The van der Waals surface area contributed by atoms with Crippen molar-refractivity contribution in [3.05, 3.63) is 30.1 Å². The molecule has 0 saturated carbocycles. The standard InChI is InChI=1S/C6H5N2O/c7-6(9)5-2-1-3-8-4-5/h1-3H,(H2,7,9). The van der Waals surface area contributed by atoms with Crippen LogP contribution in [0.3, 0.4) is 0 Å². The third-order valence-corrected chi connectivity index (χ3v) is 0.874. The zero-order valence-electron chi connectivity index (χ0n) is 4.66. The van der Waals surface area contributed by atoms with E-state index < -0.39 is 5.91 Å². The van der Waals surface area contributed by atoms with Crippen LogP contribution in [-0.4, -0.2) is 10.9 Å². The molecule has 0 fully saturated rings. The van der Waals surface area contributed by atoms with Gasteiger partial charge in [0.1, 0.15) is 6.20 Å². The summed E-state index contributed by atoms with van der Waals surface area (Å²) >= 11 is 0. The zero-order valence-corrected chi connectivity index (χ0v) is 4.66. The Kier molecular flexibility index (Phi) is 1.44. The van der Waals surface area contributed by atoms with E-state index in [0.717, 1.165) is 0 Å². The summed E-state index contributed by atoms with van der Waals surface area (Å²) < 4.78 is 0. The van der Waals surface area contributed by atoms with Gasteiger partial charge < -0.3 is 5.73 Å². The minimum atomic E-state index is -0.497. The highest BCUT2D eigenvalue weighted by atomic mass is 16.1. The third kappa shape index (κ3) is 1.25. The molecule has 0 aliphatic rings. The van der Waals surface area contributed by atoms with Crippen LogP contribution in [0.15, 0.2) is 18.3 Å². The maximum atomic E-state index is 10.4. The fourth-order valence-electron chi connectivity index (χ4n) is 0.464. The Balaban J connectivity index is 2.98. The largest absolute Gasteiger partial charge is 0.366 e. The van der Waals surface area contributed by atoms with Crippen LogP contribution in [0.4, 0.5) is 0 Å². The van der Waals surface area contributed by atoms with Crippen LogP contribution in [-0.2, 0) is 0 Å². The maximum Gasteiger partial charge on any atom is 0.250 e. The maximum absolute atomic E-state index is 10.4. The van der Waals surface area contributed by atoms with Crippen LogP contribution in [0.2, 0.25) is 0 Å². The van der Waals surface area contributed by atoms with E-state index in [2.05, 4.69) is 11.2 Å². The quantitative estimate of drug-likeness (QED) is 0.567. The first-order valence-corrected chi connectivity index (χ1v) is 2.43. The number of carbonyl (C=O) groups excluding carboxylic acids is 1. The molecule has 9 heavy (non-hydrogen) atoms. The summed E-state index contributed by atoms with van der Waals surface area (Å²) in [6, 6.07) is 3.20. The highest BCUT2D eigenvalue weighted by molar-refractivity contribution is 5.91. The Morgan fingerprint density at radius 1 is 1.78 bits per heavy atom. The fraction of sp³-hybridized carbons (Fsp3) is 0.